The van der Waals surface area contributed by atoms with Crippen molar-refractivity contribution in [2.75, 3.05) is 6.54 Å². The van der Waals surface area contributed by atoms with Gasteiger partial charge < -0.3 is 10.4 Å². The molecule has 0 radical (unpaired) electrons. The van der Waals surface area contributed by atoms with Gasteiger partial charge in [0.1, 0.15) is 0 Å². The van der Waals surface area contributed by atoms with Gasteiger partial charge in [-0.2, -0.15) is 0 Å². The molecule has 0 aromatic carbocycles. The van der Waals surface area contributed by atoms with Gasteiger partial charge in [-0.05, 0) is 25.8 Å². The van der Waals surface area contributed by atoms with Crippen molar-refractivity contribution in [2.24, 2.45) is 0 Å². The molecule has 1 rings (SSSR count). The maximum Gasteiger partial charge on any atom is 0.0552 e. The third-order valence-electron chi connectivity index (χ3n) is 1.95. The highest BCUT2D eigenvalue weighted by molar-refractivity contribution is 4.79. The van der Waals surface area contributed by atoms with E-state index < -0.39 is 0 Å². The molecule has 0 bridgehead atoms. The van der Waals surface area contributed by atoms with Crippen molar-refractivity contribution in [3.8, 4) is 0 Å². The molecule has 0 aromatic rings. The summed E-state index contributed by atoms with van der Waals surface area (Å²) in [6.07, 6.45) is 2.99. The predicted octanol–water partition coefficient (Wildman–Crippen LogP) is 0.509. The molecule has 1 fully saturated rings. The summed E-state index contributed by atoms with van der Waals surface area (Å²) >= 11 is 0. The number of aliphatic hydroxyl groups is 1. The summed E-state index contributed by atoms with van der Waals surface area (Å²) in [6.45, 7) is 3.16. The first-order chi connectivity index (χ1) is 4.33. The molecule has 1 aliphatic heterocycles. The van der Waals surface area contributed by atoms with Crippen LogP contribution in [0.3, 0.4) is 0 Å². The monoisotopic (exact) mass is 129 g/mol. The van der Waals surface area contributed by atoms with E-state index in [1.165, 1.54) is 6.42 Å². The van der Waals surface area contributed by atoms with Crippen LogP contribution in [-0.2, 0) is 0 Å². The molecule has 0 spiro atoms. The van der Waals surface area contributed by atoms with Gasteiger partial charge in [-0.1, -0.05) is 6.92 Å². The first-order valence-corrected chi connectivity index (χ1v) is 3.74. The molecule has 0 aromatic heterocycles. The number of aliphatic hydroxyl groups excluding tert-OH is 1. The molecule has 0 amide bonds. The van der Waals surface area contributed by atoms with E-state index in [2.05, 4.69) is 5.32 Å². The number of rotatable bonds is 3. The Labute approximate surface area is 56.3 Å². The van der Waals surface area contributed by atoms with Crippen LogP contribution < -0.4 is 5.32 Å². The maximum absolute atomic E-state index is 9.15. The molecule has 0 aliphatic carbocycles. The highest BCUT2D eigenvalue weighted by atomic mass is 16.3. The van der Waals surface area contributed by atoms with Gasteiger partial charge in [-0.25, -0.2) is 0 Å². The molecule has 2 nitrogen and oxygen atoms in total. The lowest BCUT2D eigenvalue weighted by molar-refractivity contribution is 0.131. The largest absolute Gasteiger partial charge is 0.393 e. The summed E-state index contributed by atoms with van der Waals surface area (Å²) in [4.78, 5) is 0. The normalized spacial score (nSPS) is 29.3. The third kappa shape index (κ3) is 1.95. The van der Waals surface area contributed by atoms with E-state index in [4.69, 9.17) is 5.11 Å². The van der Waals surface area contributed by atoms with Gasteiger partial charge in [0.25, 0.3) is 0 Å². The second-order valence-corrected chi connectivity index (χ2v) is 2.74. The van der Waals surface area contributed by atoms with Crippen molar-refractivity contribution < 1.29 is 5.11 Å². The van der Waals surface area contributed by atoms with Gasteiger partial charge in [-0.3, -0.25) is 0 Å². The number of hydrogen-bond acceptors (Lipinski definition) is 2. The van der Waals surface area contributed by atoms with E-state index >= 15 is 0 Å². The summed E-state index contributed by atoms with van der Waals surface area (Å²) < 4.78 is 0. The van der Waals surface area contributed by atoms with Gasteiger partial charge in [0.15, 0.2) is 0 Å². The van der Waals surface area contributed by atoms with Gasteiger partial charge >= 0.3 is 0 Å². The van der Waals surface area contributed by atoms with E-state index in [0.717, 1.165) is 19.4 Å². The minimum Gasteiger partial charge on any atom is -0.393 e. The van der Waals surface area contributed by atoms with Crippen LogP contribution >= 0.6 is 0 Å². The Hall–Kier alpha value is -0.0800. The Morgan fingerprint density at radius 3 is 2.78 bits per heavy atom. The summed E-state index contributed by atoms with van der Waals surface area (Å²) in [5.41, 5.74) is 0. The zero-order chi connectivity index (χ0) is 6.69. The van der Waals surface area contributed by atoms with Crippen LogP contribution in [0, 0.1) is 0 Å². The minimum atomic E-state index is -0.0807. The van der Waals surface area contributed by atoms with Crippen LogP contribution in [0.4, 0.5) is 0 Å². The third-order valence-corrected chi connectivity index (χ3v) is 1.95. The van der Waals surface area contributed by atoms with Crippen LogP contribution in [0.25, 0.3) is 0 Å². The maximum atomic E-state index is 9.15. The number of hydrogen-bond donors (Lipinski definition) is 2. The first-order valence-electron chi connectivity index (χ1n) is 3.74. The lowest BCUT2D eigenvalue weighted by Gasteiger charge is -2.29. The molecule has 54 valence electrons. The average molecular weight is 129 g/mol. The SMILES string of the molecule is CCC(O)CC1CCN1. The zero-order valence-electron chi connectivity index (χ0n) is 5.93. The molecular weight excluding hydrogens is 114 g/mol. The summed E-state index contributed by atoms with van der Waals surface area (Å²) in [6, 6.07) is 0.611. The molecule has 1 aliphatic rings. The van der Waals surface area contributed by atoms with Crippen molar-refractivity contribution in [3.05, 3.63) is 0 Å². The molecule has 2 unspecified atom stereocenters. The summed E-state index contributed by atoms with van der Waals surface area (Å²) in [7, 11) is 0. The zero-order valence-corrected chi connectivity index (χ0v) is 5.93. The highest BCUT2D eigenvalue weighted by Crippen LogP contribution is 2.10. The topological polar surface area (TPSA) is 32.3 Å². The summed E-state index contributed by atoms with van der Waals surface area (Å²) in [5, 5.41) is 12.4. The fraction of sp³-hybridized carbons (Fsp3) is 1.00. The predicted molar refractivity (Wildman–Crippen MR) is 37.3 cm³/mol. The fourth-order valence-corrected chi connectivity index (χ4v) is 1.04. The Kier molecular flexibility index (Phi) is 2.49. The highest BCUT2D eigenvalue weighted by Gasteiger charge is 2.18. The molecule has 9 heavy (non-hydrogen) atoms. The van der Waals surface area contributed by atoms with Gasteiger partial charge in [-0.15, -0.1) is 0 Å². The van der Waals surface area contributed by atoms with Gasteiger partial charge in [0, 0.05) is 6.04 Å². The standard InChI is InChI=1S/C7H15NO/c1-2-7(9)5-6-3-4-8-6/h6-9H,2-5H2,1H3. The Morgan fingerprint density at radius 2 is 2.44 bits per heavy atom. The Balaban J connectivity index is 2.01. The van der Waals surface area contributed by atoms with E-state index in [1.54, 1.807) is 0 Å². The minimum absolute atomic E-state index is 0.0807. The molecular formula is C7H15NO. The Bertz CT molecular complexity index is 78.2. The second-order valence-electron chi connectivity index (χ2n) is 2.74. The smallest absolute Gasteiger partial charge is 0.0552 e. The van der Waals surface area contributed by atoms with Gasteiger partial charge in [0.05, 0.1) is 6.10 Å². The second kappa shape index (κ2) is 3.18. The molecule has 2 heteroatoms. The molecule has 2 atom stereocenters. The fourth-order valence-electron chi connectivity index (χ4n) is 1.04. The van der Waals surface area contributed by atoms with E-state index in [-0.39, 0.29) is 6.10 Å². The van der Waals surface area contributed by atoms with E-state index in [0.29, 0.717) is 6.04 Å². The van der Waals surface area contributed by atoms with Crippen LogP contribution in [-0.4, -0.2) is 23.8 Å². The van der Waals surface area contributed by atoms with Crippen LogP contribution in [0.1, 0.15) is 26.2 Å². The van der Waals surface area contributed by atoms with Crippen molar-refractivity contribution >= 4 is 0 Å². The lowest BCUT2D eigenvalue weighted by atomic mass is 9.99. The van der Waals surface area contributed by atoms with Crippen molar-refractivity contribution in [1.82, 2.24) is 5.32 Å². The summed E-state index contributed by atoms with van der Waals surface area (Å²) in [5.74, 6) is 0. The first kappa shape index (κ1) is 7.03. The van der Waals surface area contributed by atoms with Gasteiger partial charge in [0.2, 0.25) is 0 Å². The van der Waals surface area contributed by atoms with Crippen molar-refractivity contribution in [3.63, 3.8) is 0 Å². The average Bonchev–Trinajstić information content (AvgIpc) is 1.78. The lowest BCUT2D eigenvalue weighted by Crippen LogP contribution is -2.44. The van der Waals surface area contributed by atoms with Crippen LogP contribution in [0.15, 0.2) is 0 Å². The molecule has 0 saturated carbocycles. The quantitative estimate of drug-likeness (QED) is 0.582. The van der Waals surface area contributed by atoms with Crippen LogP contribution in [0.5, 0.6) is 0 Å². The Morgan fingerprint density at radius 1 is 1.78 bits per heavy atom. The van der Waals surface area contributed by atoms with E-state index in [9.17, 15) is 0 Å². The van der Waals surface area contributed by atoms with Crippen molar-refractivity contribution in [1.29, 1.82) is 0 Å². The molecule has 2 N–H and O–H groups in total. The van der Waals surface area contributed by atoms with Crippen LogP contribution in [0.2, 0.25) is 0 Å². The van der Waals surface area contributed by atoms with E-state index in [1.807, 2.05) is 6.92 Å². The van der Waals surface area contributed by atoms with Crippen molar-refractivity contribution in [2.45, 2.75) is 38.3 Å². The molecule has 1 saturated heterocycles. The molecule has 1 heterocycles. The number of nitrogens with one attached hydrogen (secondary N) is 1.